The Balaban J connectivity index is 2.91. The molecule has 1 unspecified atom stereocenters. The molecule has 1 aromatic rings. The van der Waals surface area contributed by atoms with E-state index in [9.17, 15) is 5.11 Å². The predicted octanol–water partition coefficient (Wildman–Crippen LogP) is 2.35. The van der Waals surface area contributed by atoms with E-state index in [2.05, 4.69) is 15.9 Å². The maximum Gasteiger partial charge on any atom is 0.0781 e. The zero-order valence-corrected chi connectivity index (χ0v) is 10.3. The van der Waals surface area contributed by atoms with E-state index < -0.39 is 5.60 Å². The second-order valence-corrected chi connectivity index (χ2v) is 4.90. The van der Waals surface area contributed by atoms with E-state index in [0.717, 1.165) is 10.0 Å². The molecular formula is C10H13BrClNO. The molecule has 1 atom stereocenters. The van der Waals surface area contributed by atoms with Crippen LogP contribution in [0, 0.1) is 0 Å². The third-order valence-corrected chi connectivity index (χ3v) is 3.03. The van der Waals surface area contributed by atoms with Crippen LogP contribution in [0.1, 0.15) is 12.5 Å². The van der Waals surface area contributed by atoms with Gasteiger partial charge in [-0.15, -0.1) is 0 Å². The average molecular weight is 279 g/mol. The van der Waals surface area contributed by atoms with Crippen molar-refractivity contribution in [3.8, 4) is 0 Å². The van der Waals surface area contributed by atoms with Crippen LogP contribution in [0.2, 0.25) is 5.02 Å². The molecule has 0 aliphatic carbocycles. The number of rotatable bonds is 3. The van der Waals surface area contributed by atoms with Gasteiger partial charge in [0.05, 0.1) is 5.60 Å². The summed E-state index contributed by atoms with van der Waals surface area (Å²) in [6.07, 6.45) is 0.491. The summed E-state index contributed by atoms with van der Waals surface area (Å²) in [4.78, 5) is 0. The summed E-state index contributed by atoms with van der Waals surface area (Å²) in [7, 11) is 0. The topological polar surface area (TPSA) is 46.2 Å². The van der Waals surface area contributed by atoms with Gasteiger partial charge in [0.25, 0.3) is 0 Å². The molecule has 0 saturated carbocycles. The summed E-state index contributed by atoms with van der Waals surface area (Å²) in [5, 5.41) is 10.5. The number of nitrogens with two attached hydrogens (primary N) is 1. The van der Waals surface area contributed by atoms with Crippen LogP contribution in [0.4, 0.5) is 0 Å². The van der Waals surface area contributed by atoms with Gasteiger partial charge in [0.15, 0.2) is 0 Å². The maximum atomic E-state index is 9.80. The molecule has 0 radical (unpaired) electrons. The quantitative estimate of drug-likeness (QED) is 0.891. The Morgan fingerprint density at radius 2 is 2.21 bits per heavy atom. The van der Waals surface area contributed by atoms with E-state index in [1.54, 1.807) is 13.0 Å². The Bertz CT molecular complexity index is 328. The average Bonchev–Trinajstić information content (AvgIpc) is 2.11. The highest BCUT2D eigenvalue weighted by Gasteiger charge is 2.19. The first-order valence-electron chi connectivity index (χ1n) is 4.31. The molecule has 0 saturated heterocycles. The highest BCUT2D eigenvalue weighted by molar-refractivity contribution is 9.10. The van der Waals surface area contributed by atoms with Crippen LogP contribution in [0.5, 0.6) is 0 Å². The third kappa shape index (κ3) is 3.24. The van der Waals surface area contributed by atoms with Crippen LogP contribution < -0.4 is 5.73 Å². The monoisotopic (exact) mass is 277 g/mol. The van der Waals surface area contributed by atoms with Gasteiger partial charge >= 0.3 is 0 Å². The molecule has 4 heteroatoms. The van der Waals surface area contributed by atoms with Gasteiger partial charge < -0.3 is 10.8 Å². The second kappa shape index (κ2) is 4.62. The first-order valence-corrected chi connectivity index (χ1v) is 5.48. The molecule has 0 heterocycles. The summed E-state index contributed by atoms with van der Waals surface area (Å²) in [5.74, 6) is 0. The minimum absolute atomic E-state index is 0.228. The fourth-order valence-corrected chi connectivity index (χ4v) is 1.74. The first kappa shape index (κ1) is 12.0. The van der Waals surface area contributed by atoms with Crippen molar-refractivity contribution in [2.24, 2.45) is 5.73 Å². The van der Waals surface area contributed by atoms with Crippen LogP contribution in [0.25, 0.3) is 0 Å². The fourth-order valence-electron chi connectivity index (χ4n) is 1.16. The minimum Gasteiger partial charge on any atom is -0.389 e. The molecule has 78 valence electrons. The Kier molecular flexibility index (Phi) is 3.95. The van der Waals surface area contributed by atoms with Crippen molar-refractivity contribution in [1.82, 2.24) is 0 Å². The smallest absolute Gasteiger partial charge is 0.0781 e. The van der Waals surface area contributed by atoms with Crippen LogP contribution >= 0.6 is 27.5 Å². The second-order valence-electron chi connectivity index (χ2n) is 3.61. The largest absolute Gasteiger partial charge is 0.389 e. The molecule has 0 amide bonds. The van der Waals surface area contributed by atoms with Gasteiger partial charge in [-0.25, -0.2) is 0 Å². The van der Waals surface area contributed by atoms with Gasteiger partial charge in [0.2, 0.25) is 0 Å². The molecule has 0 aromatic heterocycles. The van der Waals surface area contributed by atoms with Crippen molar-refractivity contribution in [1.29, 1.82) is 0 Å². The minimum atomic E-state index is -0.882. The zero-order valence-electron chi connectivity index (χ0n) is 7.93. The van der Waals surface area contributed by atoms with E-state index in [4.69, 9.17) is 17.3 Å². The zero-order chi connectivity index (χ0) is 10.8. The molecule has 2 nitrogen and oxygen atoms in total. The lowest BCUT2D eigenvalue weighted by atomic mass is 9.97. The van der Waals surface area contributed by atoms with Crippen molar-refractivity contribution >= 4 is 27.5 Å². The number of benzene rings is 1. The summed E-state index contributed by atoms with van der Waals surface area (Å²) >= 11 is 9.26. The number of aliphatic hydroxyl groups is 1. The molecule has 0 aliphatic heterocycles. The third-order valence-electron chi connectivity index (χ3n) is 2.02. The molecule has 3 N–H and O–H groups in total. The highest BCUT2D eigenvalue weighted by atomic mass is 79.9. The Morgan fingerprint density at radius 1 is 1.57 bits per heavy atom. The van der Waals surface area contributed by atoms with E-state index >= 15 is 0 Å². The number of hydrogen-bond donors (Lipinski definition) is 2. The van der Waals surface area contributed by atoms with E-state index in [1.807, 2.05) is 12.1 Å². The van der Waals surface area contributed by atoms with Gasteiger partial charge in [0.1, 0.15) is 0 Å². The summed E-state index contributed by atoms with van der Waals surface area (Å²) in [6.45, 7) is 1.94. The van der Waals surface area contributed by atoms with Crippen molar-refractivity contribution in [2.75, 3.05) is 6.54 Å². The molecule has 14 heavy (non-hydrogen) atoms. The first-order chi connectivity index (χ1) is 6.44. The number of halogens is 2. The summed E-state index contributed by atoms with van der Waals surface area (Å²) < 4.78 is 0.940. The van der Waals surface area contributed by atoms with Crippen molar-refractivity contribution in [3.63, 3.8) is 0 Å². The normalized spacial score (nSPS) is 15.2. The Labute approximate surface area is 97.2 Å². The van der Waals surface area contributed by atoms with Gasteiger partial charge in [0, 0.05) is 22.5 Å². The molecule has 0 bridgehead atoms. The fraction of sp³-hybridized carbons (Fsp3) is 0.400. The van der Waals surface area contributed by atoms with Gasteiger partial charge in [-0.05, 0) is 30.7 Å². The van der Waals surface area contributed by atoms with Crippen LogP contribution in [0.3, 0.4) is 0 Å². The van der Waals surface area contributed by atoms with Gasteiger partial charge in [-0.1, -0.05) is 27.5 Å². The highest BCUT2D eigenvalue weighted by Crippen LogP contribution is 2.24. The lowest BCUT2D eigenvalue weighted by molar-refractivity contribution is 0.0695. The molecule has 1 rings (SSSR count). The Hall–Kier alpha value is -0.0900. The standard InChI is InChI=1S/C10H13BrClNO/c1-10(14,6-13)5-7-4-8(12)2-3-9(7)11/h2-4,14H,5-6,13H2,1H3. The predicted molar refractivity (Wildman–Crippen MR) is 62.5 cm³/mol. The molecule has 0 spiro atoms. The van der Waals surface area contributed by atoms with Crippen molar-refractivity contribution in [2.45, 2.75) is 18.9 Å². The maximum absolute atomic E-state index is 9.80. The lowest BCUT2D eigenvalue weighted by Gasteiger charge is -2.21. The molecular weight excluding hydrogens is 265 g/mol. The van der Waals surface area contributed by atoms with Crippen LogP contribution in [0.15, 0.2) is 22.7 Å². The van der Waals surface area contributed by atoms with E-state index in [0.29, 0.717) is 11.4 Å². The van der Waals surface area contributed by atoms with E-state index in [1.165, 1.54) is 0 Å². The van der Waals surface area contributed by atoms with Crippen molar-refractivity contribution < 1.29 is 5.11 Å². The van der Waals surface area contributed by atoms with E-state index in [-0.39, 0.29) is 6.54 Å². The lowest BCUT2D eigenvalue weighted by Crippen LogP contribution is -2.36. The molecule has 1 aromatic carbocycles. The SMILES string of the molecule is CC(O)(CN)Cc1cc(Cl)ccc1Br. The van der Waals surface area contributed by atoms with Crippen molar-refractivity contribution in [3.05, 3.63) is 33.3 Å². The molecule has 0 aliphatic rings. The van der Waals surface area contributed by atoms with Crippen LogP contribution in [-0.2, 0) is 6.42 Å². The van der Waals surface area contributed by atoms with Gasteiger partial charge in [-0.2, -0.15) is 0 Å². The van der Waals surface area contributed by atoms with Gasteiger partial charge in [-0.3, -0.25) is 0 Å². The molecule has 0 fully saturated rings. The summed E-state index contributed by atoms with van der Waals surface area (Å²) in [5.41, 5.74) is 5.53. The summed E-state index contributed by atoms with van der Waals surface area (Å²) in [6, 6.07) is 5.49. The van der Waals surface area contributed by atoms with Crippen LogP contribution in [-0.4, -0.2) is 17.3 Å². The number of hydrogen-bond acceptors (Lipinski definition) is 2. The Morgan fingerprint density at radius 3 is 2.79 bits per heavy atom.